The molecule has 0 aliphatic carbocycles. The van der Waals surface area contributed by atoms with Crippen LogP contribution in [0.2, 0.25) is 0 Å². The number of ketones is 1. The standard InChI is InChI=1S/C18H23FN2O.C7H14N2O3/c1-4-5-18-11(2)16(10-21(18)12(3)22)15-9-20-17-8-13(19)6-7-14(15)17;1-5(11)6(4-10)9-7(12)3-8-2/h6-9,11,16,18,20H,4-5,10H2,1-3H3;6,8,10H,3-4H2,1-2H3,(H,9,12)/t11-,16+,18-;/m1./s1. The minimum atomic E-state index is -0.772. The second kappa shape index (κ2) is 12.6. The summed E-state index contributed by atoms with van der Waals surface area (Å²) in [4.78, 5) is 38.8. The lowest BCUT2D eigenvalue weighted by atomic mass is 9.85. The fourth-order valence-electron chi connectivity index (χ4n) is 4.63. The van der Waals surface area contributed by atoms with Crippen molar-refractivity contribution in [1.29, 1.82) is 0 Å². The molecule has 1 saturated heterocycles. The van der Waals surface area contributed by atoms with Crippen molar-refractivity contribution >= 4 is 28.5 Å². The Morgan fingerprint density at radius 2 is 2.00 bits per heavy atom. The first kappa shape index (κ1) is 27.5. The van der Waals surface area contributed by atoms with Gasteiger partial charge in [-0.25, -0.2) is 4.39 Å². The van der Waals surface area contributed by atoms with Gasteiger partial charge < -0.3 is 25.6 Å². The van der Waals surface area contributed by atoms with Crippen molar-refractivity contribution in [3.63, 3.8) is 0 Å². The van der Waals surface area contributed by atoms with Crippen LogP contribution >= 0.6 is 0 Å². The molecule has 1 fully saturated rings. The molecule has 0 radical (unpaired) electrons. The van der Waals surface area contributed by atoms with Crippen molar-refractivity contribution in [3.05, 3.63) is 35.8 Å². The van der Waals surface area contributed by atoms with Gasteiger partial charge in [0.05, 0.1) is 13.2 Å². The molecule has 4 N–H and O–H groups in total. The number of hydrogen-bond acceptors (Lipinski definition) is 5. The van der Waals surface area contributed by atoms with Crippen LogP contribution in [0, 0.1) is 11.7 Å². The summed E-state index contributed by atoms with van der Waals surface area (Å²) in [6.45, 7) is 7.91. The van der Waals surface area contributed by atoms with Crippen molar-refractivity contribution in [3.8, 4) is 0 Å². The Kier molecular flexibility index (Phi) is 10.2. The fraction of sp³-hybridized carbons (Fsp3) is 0.560. The van der Waals surface area contributed by atoms with Gasteiger partial charge in [0.15, 0.2) is 5.78 Å². The first-order valence-corrected chi connectivity index (χ1v) is 11.7. The number of carbonyl (C=O) groups is 3. The first-order chi connectivity index (χ1) is 16.1. The number of amides is 2. The third-order valence-electron chi connectivity index (χ3n) is 6.45. The van der Waals surface area contributed by atoms with Crippen LogP contribution in [0.4, 0.5) is 4.39 Å². The third-order valence-corrected chi connectivity index (χ3v) is 6.45. The first-order valence-electron chi connectivity index (χ1n) is 11.7. The molecule has 1 aliphatic rings. The van der Waals surface area contributed by atoms with Crippen molar-refractivity contribution in [2.75, 3.05) is 26.7 Å². The molecule has 0 spiro atoms. The summed E-state index contributed by atoms with van der Waals surface area (Å²) in [7, 11) is 1.63. The van der Waals surface area contributed by atoms with Gasteiger partial charge in [-0.2, -0.15) is 0 Å². The molecular weight excluding hydrogens is 439 g/mol. The molecular formula is C25H37FN4O4. The lowest BCUT2D eigenvalue weighted by Gasteiger charge is -2.25. The van der Waals surface area contributed by atoms with Crippen LogP contribution in [0.3, 0.4) is 0 Å². The van der Waals surface area contributed by atoms with Crippen LogP contribution in [0.1, 0.15) is 52.0 Å². The molecule has 188 valence electrons. The van der Waals surface area contributed by atoms with Crippen LogP contribution in [0.15, 0.2) is 24.4 Å². The summed E-state index contributed by atoms with van der Waals surface area (Å²) in [5.41, 5.74) is 2.03. The Balaban J connectivity index is 0.000000292. The fourth-order valence-corrected chi connectivity index (χ4v) is 4.63. The van der Waals surface area contributed by atoms with E-state index >= 15 is 0 Å². The predicted octanol–water partition coefficient (Wildman–Crippen LogP) is 2.33. The number of rotatable bonds is 8. The van der Waals surface area contributed by atoms with Crippen molar-refractivity contribution in [2.45, 2.75) is 58.5 Å². The zero-order valence-electron chi connectivity index (χ0n) is 20.7. The smallest absolute Gasteiger partial charge is 0.234 e. The SMILES string of the molecule is CCC[C@@H]1[C@H](C)[C@@H](c2c[nH]c3cc(F)ccc23)CN1C(C)=O.CNCC(=O)NC(CO)C(C)=O. The lowest BCUT2D eigenvalue weighted by molar-refractivity contribution is -0.130. The molecule has 2 amide bonds. The van der Waals surface area contributed by atoms with Gasteiger partial charge in [0.25, 0.3) is 0 Å². The highest BCUT2D eigenvalue weighted by Crippen LogP contribution is 2.41. The van der Waals surface area contributed by atoms with E-state index in [0.29, 0.717) is 17.9 Å². The number of likely N-dealkylation sites (tertiary alicyclic amines) is 1. The molecule has 3 rings (SSSR count). The molecule has 2 aromatic rings. The third kappa shape index (κ3) is 6.64. The molecule has 9 heteroatoms. The zero-order chi connectivity index (χ0) is 25.4. The Labute approximate surface area is 200 Å². The average molecular weight is 477 g/mol. The van der Waals surface area contributed by atoms with Crippen LogP contribution in [-0.2, 0) is 14.4 Å². The topological polar surface area (TPSA) is 115 Å². The number of aromatic nitrogens is 1. The van der Waals surface area contributed by atoms with Gasteiger partial charge in [0.1, 0.15) is 11.9 Å². The number of aliphatic hydroxyl groups is 1. The Morgan fingerprint density at radius 1 is 1.29 bits per heavy atom. The highest BCUT2D eigenvalue weighted by molar-refractivity contribution is 5.88. The Hall–Kier alpha value is -2.78. The highest BCUT2D eigenvalue weighted by Gasteiger charge is 2.41. The number of aliphatic hydroxyl groups excluding tert-OH is 1. The number of likely N-dealkylation sites (N-methyl/N-ethyl adjacent to an activating group) is 1. The van der Waals surface area contributed by atoms with E-state index < -0.39 is 6.04 Å². The van der Waals surface area contributed by atoms with E-state index in [-0.39, 0.29) is 36.6 Å². The predicted molar refractivity (Wildman–Crippen MR) is 130 cm³/mol. The van der Waals surface area contributed by atoms with Crippen molar-refractivity contribution in [1.82, 2.24) is 20.5 Å². The summed E-state index contributed by atoms with van der Waals surface area (Å²) >= 11 is 0. The number of carbonyl (C=O) groups excluding carboxylic acids is 3. The van der Waals surface area contributed by atoms with E-state index in [2.05, 4.69) is 29.5 Å². The minimum absolute atomic E-state index is 0.143. The number of benzene rings is 1. The Morgan fingerprint density at radius 3 is 2.56 bits per heavy atom. The lowest BCUT2D eigenvalue weighted by Crippen LogP contribution is -2.45. The number of Topliss-reactive ketones (excluding diaryl/α,β-unsaturated/α-hetero) is 1. The monoisotopic (exact) mass is 476 g/mol. The quantitative estimate of drug-likeness (QED) is 0.467. The van der Waals surface area contributed by atoms with Crippen LogP contribution in [-0.4, -0.2) is 71.4 Å². The summed E-state index contributed by atoms with van der Waals surface area (Å²) in [5.74, 6) is 0.0922. The van der Waals surface area contributed by atoms with Crippen molar-refractivity contribution in [2.24, 2.45) is 5.92 Å². The van der Waals surface area contributed by atoms with E-state index in [4.69, 9.17) is 5.11 Å². The molecule has 0 saturated carbocycles. The van der Waals surface area contributed by atoms with Gasteiger partial charge in [-0.05, 0) is 50.1 Å². The molecule has 34 heavy (non-hydrogen) atoms. The van der Waals surface area contributed by atoms with Gasteiger partial charge in [0, 0.05) is 42.5 Å². The molecule has 1 unspecified atom stereocenters. The number of nitrogens with zero attached hydrogens (tertiary/aromatic N) is 1. The van der Waals surface area contributed by atoms with E-state index in [0.717, 1.165) is 30.3 Å². The van der Waals surface area contributed by atoms with Crippen LogP contribution in [0.25, 0.3) is 10.9 Å². The van der Waals surface area contributed by atoms with Crippen molar-refractivity contribution < 1.29 is 23.9 Å². The average Bonchev–Trinajstić information content (AvgIpc) is 3.33. The molecule has 0 bridgehead atoms. The van der Waals surface area contributed by atoms with Gasteiger partial charge >= 0.3 is 0 Å². The highest BCUT2D eigenvalue weighted by atomic mass is 19.1. The number of nitrogens with one attached hydrogen (secondary N) is 3. The summed E-state index contributed by atoms with van der Waals surface area (Å²) < 4.78 is 13.4. The number of fused-ring (bicyclic) bond motifs is 1. The molecule has 2 heterocycles. The molecule has 1 aliphatic heterocycles. The van der Waals surface area contributed by atoms with E-state index in [1.165, 1.54) is 24.6 Å². The molecule has 8 nitrogen and oxygen atoms in total. The second-order valence-electron chi connectivity index (χ2n) is 8.87. The van der Waals surface area contributed by atoms with Gasteiger partial charge in [0.2, 0.25) is 11.8 Å². The van der Waals surface area contributed by atoms with Gasteiger partial charge in [-0.15, -0.1) is 0 Å². The van der Waals surface area contributed by atoms with E-state index in [1.54, 1.807) is 14.0 Å². The Bertz CT molecular complexity index is 992. The van der Waals surface area contributed by atoms with E-state index in [1.807, 2.05) is 17.2 Å². The van der Waals surface area contributed by atoms with Gasteiger partial charge in [-0.1, -0.05) is 20.3 Å². The largest absolute Gasteiger partial charge is 0.394 e. The number of H-pyrrole nitrogens is 1. The number of aromatic amines is 1. The number of hydrogen-bond donors (Lipinski definition) is 4. The minimum Gasteiger partial charge on any atom is -0.394 e. The zero-order valence-corrected chi connectivity index (χ0v) is 20.7. The maximum absolute atomic E-state index is 13.4. The molecule has 1 aromatic carbocycles. The molecule has 1 aromatic heterocycles. The maximum atomic E-state index is 13.4. The van der Waals surface area contributed by atoms with Crippen LogP contribution in [0.5, 0.6) is 0 Å². The summed E-state index contributed by atoms with van der Waals surface area (Å²) in [6.07, 6.45) is 4.09. The van der Waals surface area contributed by atoms with Gasteiger partial charge in [-0.3, -0.25) is 14.4 Å². The maximum Gasteiger partial charge on any atom is 0.234 e. The van der Waals surface area contributed by atoms with Crippen LogP contribution < -0.4 is 10.6 Å². The summed E-state index contributed by atoms with van der Waals surface area (Å²) in [5, 5.41) is 14.7. The second-order valence-corrected chi connectivity index (χ2v) is 8.87. The molecule has 4 atom stereocenters. The summed E-state index contributed by atoms with van der Waals surface area (Å²) in [6, 6.07) is 4.41. The van der Waals surface area contributed by atoms with E-state index in [9.17, 15) is 18.8 Å². The normalized spacial score (nSPS) is 20.6. The number of halogens is 1.